The lowest BCUT2D eigenvalue weighted by Crippen LogP contribution is -2.40. The Morgan fingerprint density at radius 2 is 2.43 bits per heavy atom. The van der Waals surface area contributed by atoms with Crippen LogP contribution in [0.3, 0.4) is 0 Å². The zero-order chi connectivity index (χ0) is 9.97. The van der Waals surface area contributed by atoms with E-state index >= 15 is 0 Å². The summed E-state index contributed by atoms with van der Waals surface area (Å²) in [6, 6.07) is 0. The summed E-state index contributed by atoms with van der Waals surface area (Å²) < 4.78 is 0. The number of thioether (sulfide) groups is 1. The molecule has 0 aromatic heterocycles. The van der Waals surface area contributed by atoms with Crippen molar-refractivity contribution in [1.29, 1.82) is 0 Å². The van der Waals surface area contributed by atoms with Gasteiger partial charge in [0.2, 0.25) is 0 Å². The highest BCUT2D eigenvalue weighted by Gasteiger charge is 2.27. The van der Waals surface area contributed by atoms with Gasteiger partial charge in [-0.1, -0.05) is 6.92 Å². The van der Waals surface area contributed by atoms with Gasteiger partial charge in [0.15, 0.2) is 0 Å². The van der Waals surface area contributed by atoms with Crippen molar-refractivity contribution in [1.82, 2.24) is 4.90 Å². The van der Waals surface area contributed by atoms with Gasteiger partial charge in [-0.15, -0.1) is 0 Å². The molecule has 2 unspecified atom stereocenters. The van der Waals surface area contributed by atoms with Crippen molar-refractivity contribution in [2.75, 3.05) is 25.4 Å². The van der Waals surface area contributed by atoms with E-state index in [9.17, 15) is 4.79 Å². The smallest absolute Gasteiger partial charge is 0.137 e. The average molecular weight is 213 g/mol. The van der Waals surface area contributed by atoms with Crippen molar-refractivity contribution in [2.24, 2.45) is 5.92 Å². The van der Waals surface area contributed by atoms with Gasteiger partial charge in [0.1, 0.15) is 5.78 Å². The highest BCUT2D eigenvalue weighted by Crippen LogP contribution is 2.25. The van der Waals surface area contributed by atoms with Crippen LogP contribution in [0.2, 0.25) is 0 Å². The molecule has 2 rings (SSSR count). The average Bonchev–Trinajstić information content (AvgIpc) is 2.52. The zero-order valence-electron chi connectivity index (χ0n) is 8.87. The number of Topliss-reactive ketones (excluding diaryl/α,β-unsaturated/α-hetero) is 1. The molecule has 14 heavy (non-hydrogen) atoms. The highest BCUT2D eigenvalue weighted by atomic mass is 32.2. The van der Waals surface area contributed by atoms with Gasteiger partial charge in [-0.05, 0) is 12.8 Å². The highest BCUT2D eigenvalue weighted by molar-refractivity contribution is 7.99. The van der Waals surface area contributed by atoms with Crippen LogP contribution in [0.15, 0.2) is 0 Å². The Bertz CT molecular complexity index is 219. The summed E-state index contributed by atoms with van der Waals surface area (Å²) in [5, 5.41) is 0.750. The van der Waals surface area contributed by atoms with Crippen LogP contribution in [-0.2, 0) is 4.79 Å². The first-order valence-corrected chi connectivity index (χ1v) is 6.67. The van der Waals surface area contributed by atoms with Crippen LogP contribution in [0.25, 0.3) is 0 Å². The summed E-state index contributed by atoms with van der Waals surface area (Å²) in [6.07, 6.45) is 3.10. The summed E-state index contributed by atoms with van der Waals surface area (Å²) in [7, 11) is 0. The van der Waals surface area contributed by atoms with Crippen LogP contribution in [0.4, 0.5) is 0 Å². The van der Waals surface area contributed by atoms with Gasteiger partial charge < -0.3 is 4.90 Å². The van der Waals surface area contributed by atoms with E-state index in [1.807, 2.05) is 0 Å². The van der Waals surface area contributed by atoms with Crippen molar-refractivity contribution in [3.05, 3.63) is 0 Å². The molecule has 0 aromatic carbocycles. The van der Waals surface area contributed by atoms with E-state index in [1.54, 1.807) is 0 Å². The summed E-state index contributed by atoms with van der Waals surface area (Å²) in [6.45, 7) is 5.67. The third-order valence-electron chi connectivity index (χ3n) is 3.23. The summed E-state index contributed by atoms with van der Waals surface area (Å²) in [5.41, 5.74) is 0. The monoisotopic (exact) mass is 213 g/mol. The third-order valence-corrected chi connectivity index (χ3v) is 4.37. The number of nitrogens with zero attached hydrogens (tertiary/aromatic N) is 1. The molecule has 1 heterocycles. The van der Waals surface area contributed by atoms with Gasteiger partial charge in [-0.3, -0.25) is 4.79 Å². The maximum Gasteiger partial charge on any atom is 0.137 e. The van der Waals surface area contributed by atoms with Crippen LogP contribution >= 0.6 is 11.8 Å². The minimum absolute atomic E-state index is 0.366. The maximum atomic E-state index is 11.5. The fourth-order valence-electron chi connectivity index (χ4n) is 2.45. The largest absolute Gasteiger partial charge is 0.301 e. The zero-order valence-corrected chi connectivity index (χ0v) is 9.68. The molecule has 0 aromatic rings. The van der Waals surface area contributed by atoms with E-state index in [2.05, 4.69) is 23.6 Å². The van der Waals surface area contributed by atoms with Crippen LogP contribution in [0.5, 0.6) is 0 Å². The molecule has 0 bridgehead atoms. The lowest BCUT2D eigenvalue weighted by molar-refractivity contribution is -0.121. The second kappa shape index (κ2) is 4.67. The lowest BCUT2D eigenvalue weighted by atomic mass is 10.1. The molecule has 0 N–H and O–H groups in total. The number of carbonyl (C=O) groups is 1. The minimum atomic E-state index is 0.366. The fraction of sp³-hybridized carbons (Fsp3) is 0.909. The van der Waals surface area contributed by atoms with Crippen molar-refractivity contribution >= 4 is 17.5 Å². The molecule has 0 radical (unpaired) electrons. The van der Waals surface area contributed by atoms with E-state index in [-0.39, 0.29) is 0 Å². The molecule has 2 nitrogen and oxygen atoms in total. The molecule has 2 fully saturated rings. The number of carbonyl (C=O) groups excluding carboxylic acids is 1. The fourth-order valence-corrected chi connectivity index (χ4v) is 3.53. The number of ketones is 1. The van der Waals surface area contributed by atoms with Gasteiger partial charge in [0.05, 0.1) is 0 Å². The van der Waals surface area contributed by atoms with E-state index in [0.29, 0.717) is 11.7 Å². The van der Waals surface area contributed by atoms with Crippen LogP contribution in [0.1, 0.15) is 26.2 Å². The Kier molecular flexibility index (Phi) is 3.50. The molecule has 3 heteroatoms. The molecule has 0 spiro atoms. The quantitative estimate of drug-likeness (QED) is 0.697. The SMILES string of the molecule is CC1CN(CC2CCCC2=O)CCS1. The molecule has 1 aliphatic carbocycles. The predicted octanol–water partition coefficient (Wildman–Crippen LogP) is 1.79. The third kappa shape index (κ3) is 2.51. The Labute approximate surface area is 90.4 Å². The maximum absolute atomic E-state index is 11.5. The van der Waals surface area contributed by atoms with Crippen molar-refractivity contribution < 1.29 is 4.79 Å². The van der Waals surface area contributed by atoms with Gasteiger partial charge in [0.25, 0.3) is 0 Å². The molecule has 1 aliphatic heterocycles. The first kappa shape index (κ1) is 10.5. The van der Waals surface area contributed by atoms with Crippen molar-refractivity contribution in [3.63, 3.8) is 0 Å². The van der Waals surface area contributed by atoms with Gasteiger partial charge in [0, 0.05) is 43.0 Å². The lowest BCUT2D eigenvalue weighted by Gasteiger charge is -2.31. The topological polar surface area (TPSA) is 20.3 Å². The van der Waals surface area contributed by atoms with Crippen molar-refractivity contribution in [2.45, 2.75) is 31.4 Å². The Morgan fingerprint density at radius 3 is 3.07 bits per heavy atom. The first-order valence-electron chi connectivity index (χ1n) is 5.62. The molecule has 2 atom stereocenters. The molecular weight excluding hydrogens is 194 g/mol. The van der Waals surface area contributed by atoms with Crippen LogP contribution in [-0.4, -0.2) is 41.3 Å². The van der Waals surface area contributed by atoms with E-state index in [0.717, 1.165) is 31.1 Å². The van der Waals surface area contributed by atoms with Crippen molar-refractivity contribution in [3.8, 4) is 0 Å². The summed E-state index contributed by atoms with van der Waals surface area (Å²) in [5.74, 6) is 2.11. The molecule has 1 saturated heterocycles. The predicted molar refractivity (Wildman–Crippen MR) is 60.7 cm³/mol. The minimum Gasteiger partial charge on any atom is -0.301 e. The molecule has 80 valence electrons. The van der Waals surface area contributed by atoms with Crippen LogP contribution < -0.4 is 0 Å². The van der Waals surface area contributed by atoms with E-state index in [4.69, 9.17) is 0 Å². The normalized spacial score (nSPS) is 35.1. The van der Waals surface area contributed by atoms with E-state index < -0.39 is 0 Å². The van der Waals surface area contributed by atoms with Crippen LogP contribution in [0, 0.1) is 5.92 Å². The van der Waals surface area contributed by atoms with Gasteiger partial charge in [-0.25, -0.2) is 0 Å². The Morgan fingerprint density at radius 1 is 1.57 bits per heavy atom. The molecule has 2 aliphatic rings. The molecule has 0 amide bonds. The number of hydrogen-bond donors (Lipinski definition) is 0. The van der Waals surface area contributed by atoms with Gasteiger partial charge >= 0.3 is 0 Å². The Hall–Kier alpha value is -0.0200. The Balaban J connectivity index is 1.81. The summed E-state index contributed by atoms with van der Waals surface area (Å²) >= 11 is 2.05. The number of hydrogen-bond acceptors (Lipinski definition) is 3. The van der Waals surface area contributed by atoms with E-state index in [1.165, 1.54) is 18.8 Å². The molecular formula is C11H19NOS. The first-order chi connectivity index (χ1) is 6.75. The molecule has 1 saturated carbocycles. The standard InChI is InChI=1S/C11H19NOS/c1-9-7-12(5-6-14-9)8-10-3-2-4-11(10)13/h9-10H,2-8H2,1H3. The summed E-state index contributed by atoms with van der Waals surface area (Å²) in [4.78, 5) is 14.0. The second-order valence-electron chi connectivity index (χ2n) is 4.50. The second-order valence-corrected chi connectivity index (χ2v) is 6.04. The van der Waals surface area contributed by atoms with Gasteiger partial charge in [-0.2, -0.15) is 11.8 Å². The number of rotatable bonds is 2.